The lowest BCUT2D eigenvalue weighted by molar-refractivity contribution is 0.184. The zero-order valence-corrected chi connectivity index (χ0v) is 11.8. The lowest BCUT2D eigenvalue weighted by Gasteiger charge is -2.31. The predicted molar refractivity (Wildman–Crippen MR) is 70.8 cm³/mol. The molecule has 2 rings (SSSR count). The van der Waals surface area contributed by atoms with Crippen molar-refractivity contribution in [2.45, 2.75) is 65.5 Å². The van der Waals surface area contributed by atoms with Crippen LogP contribution in [0, 0.1) is 11.3 Å². The van der Waals surface area contributed by atoms with E-state index in [1.54, 1.807) is 0 Å². The quantitative estimate of drug-likeness (QED) is 0.871. The summed E-state index contributed by atoms with van der Waals surface area (Å²) in [7, 11) is 0. The maximum absolute atomic E-state index is 5.91. The Hall–Kier alpha value is -0.970. The van der Waals surface area contributed by atoms with E-state index in [1.807, 2.05) is 11.6 Å². The van der Waals surface area contributed by atoms with Crippen LogP contribution in [-0.2, 0) is 6.54 Å². The van der Waals surface area contributed by atoms with Gasteiger partial charge >= 0.3 is 0 Å². The van der Waals surface area contributed by atoms with Crippen LogP contribution >= 0.6 is 0 Å². The maximum atomic E-state index is 5.91. The molecule has 2 N–H and O–H groups in total. The van der Waals surface area contributed by atoms with Crippen molar-refractivity contribution >= 4 is 0 Å². The number of rotatable bonds is 5. The van der Waals surface area contributed by atoms with Crippen molar-refractivity contribution in [3.63, 3.8) is 0 Å². The van der Waals surface area contributed by atoms with E-state index >= 15 is 0 Å². The second kappa shape index (κ2) is 5.34. The molecular formula is C13H25N5. The Kier molecular flexibility index (Phi) is 4.00. The Morgan fingerprint density at radius 2 is 1.94 bits per heavy atom. The number of hydrogen-bond donors (Lipinski definition) is 1. The van der Waals surface area contributed by atoms with Crippen molar-refractivity contribution < 1.29 is 0 Å². The lowest BCUT2D eigenvalue weighted by Crippen LogP contribution is -2.28. The minimum absolute atomic E-state index is 0.0995. The van der Waals surface area contributed by atoms with Gasteiger partial charge in [0.15, 0.2) is 5.82 Å². The molecule has 0 radical (unpaired) electrons. The van der Waals surface area contributed by atoms with Crippen LogP contribution in [0.5, 0.6) is 0 Å². The molecule has 1 aliphatic rings. The van der Waals surface area contributed by atoms with Gasteiger partial charge in [-0.2, -0.15) is 0 Å². The Bertz CT molecular complexity index is 376. The summed E-state index contributed by atoms with van der Waals surface area (Å²) in [6, 6.07) is -0.0995. The van der Waals surface area contributed by atoms with Crippen LogP contribution in [0.4, 0.5) is 0 Å². The molecule has 0 bridgehead atoms. The topological polar surface area (TPSA) is 69.6 Å². The normalized spacial score (nSPS) is 20.5. The summed E-state index contributed by atoms with van der Waals surface area (Å²) < 4.78 is 1.93. The molecule has 0 spiro atoms. The first-order chi connectivity index (χ1) is 8.52. The van der Waals surface area contributed by atoms with E-state index in [0.717, 1.165) is 18.3 Å². The molecule has 0 saturated heterocycles. The van der Waals surface area contributed by atoms with E-state index in [4.69, 9.17) is 5.73 Å². The molecule has 0 amide bonds. The number of nitrogens with two attached hydrogens (primary N) is 1. The third kappa shape index (κ3) is 2.88. The second-order valence-corrected chi connectivity index (χ2v) is 6.29. The van der Waals surface area contributed by atoms with Gasteiger partial charge in [-0.3, -0.25) is 0 Å². The Morgan fingerprint density at radius 3 is 2.50 bits per heavy atom. The average molecular weight is 251 g/mol. The molecule has 5 nitrogen and oxygen atoms in total. The second-order valence-electron chi connectivity index (χ2n) is 6.29. The number of nitrogens with zero attached hydrogens (tertiary/aromatic N) is 4. The molecule has 1 saturated carbocycles. The van der Waals surface area contributed by atoms with Crippen molar-refractivity contribution in [3.8, 4) is 0 Å². The highest BCUT2D eigenvalue weighted by molar-refractivity contribution is 4.92. The fourth-order valence-electron chi connectivity index (χ4n) is 3.39. The Balaban J connectivity index is 2.16. The van der Waals surface area contributed by atoms with Crippen molar-refractivity contribution in [2.24, 2.45) is 17.1 Å². The van der Waals surface area contributed by atoms with Crippen LogP contribution < -0.4 is 5.73 Å². The molecule has 1 aliphatic carbocycles. The van der Waals surface area contributed by atoms with Crippen molar-refractivity contribution in [1.29, 1.82) is 0 Å². The smallest absolute Gasteiger partial charge is 0.167 e. The highest BCUT2D eigenvalue weighted by Gasteiger charge is 2.36. The number of hydrogen-bond acceptors (Lipinski definition) is 4. The van der Waals surface area contributed by atoms with Gasteiger partial charge in [-0.05, 0) is 47.9 Å². The number of tetrazole rings is 1. The summed E-state index contributed by atoms with van der Waals surface area (Å²) in [5.41, 5.74) is 6.30. The maximum Gasteiger partial charge on any atom is 0.167 e. The Labute approximate surface area is 109 Å². The first-order valence-electron chi connectivity index (χ1n) is 7.04. The van der Waals surface area contributed by atoms with Gasteiger partial charge in [0, 0.05) is 0 Å². The molecule has 1 heterocycles. The molecule has 102 valence electrons. The first kappa shape index (κ1) is 13.5. The van der Waals surface area contributed by atoms with Gasteiger partial charge in [0.05, 0.1) is 12.6 Å². The van der Waals surface area contributed by atoms with E-state index in [2.05, 4.69) is 29.4 Å². The minimum atomic E-state index is -0.0995. The fourth-order valence-corrected chi connectivity index (χ4v) is 3.39. The standard InChI is InChI=1S/C13H25N5/c1-10(2)8-13(6-4-5-7-13)9-18-12(11(3)14)15-16-17-18/h10-11H,4-9,14H2,1-3H3. The molecular weight excluding hydrogens is 226 g/mol. The van der Waals surface area contributed by atoms with Gasteiger partial charge in [0.2, 0.25) is 0 Å². The van der Waals surface area contributed by atoms with Crippen LogP contribution in [0.15, 0.2) is 0 Å². The predicted octanol–water partition coefficient (Wildman–Crippen LogP) is 2.30. The van der Waals surface area contributed by atoms with Gasteiger partial charge in [0.25, 0.3) is 0 Å². The summed E-state index contributed by atoms with van der Waals surface area (Å²) in [6.45, 7) is 7.46. The summed E-state index contributed by atoms with van der Waals surface area (Å²) in [5, 5.41) is 12.0. The highest BCUT2D eigenvalue weighted by Crippen LogP contribution is 2.44. The highest BCUT2D eigenvalue weighted by atomic mass is 15.5. The summed E-state index contributed by atoms with van der Waals surface area (Å²) >= 11 is 0. The van der Waals surface area contributed by atoms with E-state index in [-0.39, 0.29) is 6.04 Å². The van der Waals surface area contributed by atoms with Crippen molar-refractivity contribution in [2.75, 3.05) is 0 Å². The largest absolute Gasteiger partial charge is 0.322 e. The third-order valence-corrected chi connectivity index (χ3v) is 3.96. The van der Waals surface area contributed by atoms with Gasteiger partial charge < -0.3 is 5.73 Å². The molecule has 0 aromatic carbocycles. The van der Waals surface area contributed by atoms with Gasteiger partial charge in [-0.25, -0.2) is 4.68 Å². The zero-order valence-electron chi connectivity index (χ0n) is 11.8. The van der Waals surface area contributed by atoms with Crippen LogP contribution in [0.1, 0.15) is 64.7 Å². The molecule has 1 aromatic heterocycles. The molecule has 0 aliphatic heterocycles. The number of aromatic nitrogens is 4. The molecule has 1 atom stereocenters. The third-order valence-electron chi connectivity index (χ3n) is 3.96. The molecule has 1 fully saturated rings. The SMILES string of the molecule is CC(C)CC1(Cn2nnnc2C(C)N)CCCC1. The average Bonchev–Trinajstić information content (AvgIpc) is 2.87. The van der Waals surface area contributed by atoms with Gasteiger partial charge in [0.1, 0.15) is 0 Å². The van der Waals surface area contributed by atoms with E-state index in [9.17, 15) is 0 Å². The fraction of sp³-hybridized carbons (Fsp3) is 0.923. The van der Waals surface area contributed by atoms with E-state index in [0.29, 0.717) is 5.41 Å². The van der Waals surface area contributed by atoms with Crippen LogP contribution in [0.3, 0.4) is 0 Å². The monoisotopic (exact) mass is 251 g/mol. The molecule has 1 unspecified atom stereocenters. The summed E-state index contributed by atoms with van der Waals surface area (Å²) in [4.78, 5) is 0. The van der Waals surface area contributed by atoms with E-state index < -0.39 is 0 Å². The van der Waals surface area contributed by atoms with Crippen LogP contribution in [0.25, 0.3) is 0 Å². The van der Waals surface area contributed by atoms with Crippen molar-refractivity contribution in [1.82, 2.24) is 20.2 Å². The van der Waals surface area contributed by atoms with Crippen LogP contribution in [0.2, 0.25) is 0 Å². The van der Waals surface area contributed by atoms with Crippen molar-refractivity contribution in [3.05, 3.63) is 5.82 Å². The van der Waals surface area contributed by atoms with E-state index in [1.165, 1.54) is 32.1 Å². The lowest BCUT2D eigenvalue weighted by atomic mass is 9.78. The van der Waals surface area contributed by atoms with Gasteiger partial charge in [-0.15, -0.1) is 5.10 Å². The molecule has 18 heavy (non-hydrogen) atoms. The van der Waals surface area contributed by atoms with Crippen LogP contribution in [-0.4, -0.2) is 20.2 Å². The Morgan fingerprint density at radius 1 is 1.28 bits per heavy atom. The first-order valence-corrected chi connectivity index (χ1v) is 7.04. The molecule has 1 aromatic rings. The molecule has 5 heteroatoms. The summed E-state index contributed by atoms with van der Waals surface area (Å²) in [5.74, 6) is 1.53. The minimum Gasteiger partial charge on any atom is -0.322 e. The summed E-state index contributed by atoms with van der Waals surface area (Å²) in [6.07, 6.45) is 6.52. The van der Waals surface area contributed by atoms with Gasteiger partial charge in [-0.1, -0.05) is 26.7 Å². The zero-order chi connectivity index (χ0) is 13.2.